The monoisotopic (exact) mass is 287 g/mol. The lowest BCUT2D eigenvalue weighted by atomic mass is 9.96. The Morgan fingerprint density at radius 1 is 1.14 bits per heavy atom. The smallest absolute Gasteiger partial charge is 0.243 e. The van der Waals surface area contributed by atoms with Crippen molar-refractivity contribution < 1.29 is 4.52 Å². The van der Waals surface area contributed by atoms with E-state index in [1.165, 1.54) is 5.56 Å². The van der Waals surface area contributed by atoms with Gasteiger partial charge in [-0.2, -0.15) is 4.98 Å². The Hall–Kier alpha value is -1.68. The molecule has 4 heteroatoms. The van der Waals surface area contributed by atoms with Crippen molar-refractivity contribution >= 4 is 0 Å². The van der Waals surface area contributed by atoms with Crippen LogP contribution in [-0.4, -0.2) is 16.7 Å². The van der Waals surface area contributed by atoms with Gasteiger partial charge < -0.3 is 9.84 Å². The number of benzene rings is 1. The topological polar surface area (TPSA) is 51.0 Å². The molecule has 1 aromatic heterocycles. The number of hydrogen-bond donors (Lipinski definition) is 1. The first-order chi connectivity index (χ1) is 9.88. The lowest BCUT2D eigenvalue weighted by molar-refractivity contribution is 0.329. The van der Waals surface area contributed by atoms with Crippen molar-refractivity contribution in [3.63, 3.8) is 0 Å². The van der Waals surface area contributed by atoms with Crippen LogP contribution in [-0.2, 0) is 5.41 Å². The first kappa shape index (κ1) is 15.7. The Balaban J connectivity index is 1.93. The van der Waals surface area contributed by atoms with Crippen LogP contribution in [0.15, 0.2) is 34.9 Å². The van der Waals surface area contributed by atoms with Crippen molar-refractivity contribution in [2.45, 2.75) is 52.0 Å². The van der Waals surface area contributed by atoms with E-state index in [0.29, 0.717) is 11.8 Å². The van der Waals surface area contributed by atoms with Gasteiger partial charge >= 0.3 is 0 Å². The molecule has 114 valence electrons. The van der Waals surface area contributed by atoms with E-state index in [1.807, 2.05) is 6.07 Å². The minimum Gasteiger partial charge on any atom is -0.338 e. The summed E-state index contributed by atoms with van der Waals surface area (Å²) in [5.41, 5.74) is 1.25. The van der Waals surface area contributed by atoms with Crippen LogP contribution in [0, 0.1) is 0 Å². The van der Waals surface area contributed by atoms with E-state index in [1.54, 1.807) is 0 Å². The molecular weight excluding hydrogens is 262 g/mol. The molecule has 1 aromatic carbocycles. The largest absolute Gasteiger partial charge is 0.338 e. The molecule has 0 radical (unpaired) electrons. The number of nitrogens with one attached hydrogen (secondary N) is 1. The fraction of sp³-hybridized carbons (Fsp3) is 0.529. The third kappa shape index (κ3) is 4.14. The quantitative estimate of drug-likeness (QED) is 0.908. The van der Waals surface area contributed by atoms with Gasteiger partial charge in [-0.3, -0.25) is 0 Å². The van der Waals surface area contributed by atoms with Gasteiger partial charge in [0.05, 0.1) is 6.04 Å². The Bertz CT molecular complexity index is 557. The molecule has 2 atom stereocenters. The molecule has 0 aliphatic rings. The van der Waals surface area contributed by atoms with Crippen molar-refractivity contribution in [3.05, 3.63) is 47.6 Å². The van der Waals surface area contributed by atoms with Gasteiger partial charge in [0, 0.05) is 12.0 Å². The summed E-state index contributed by atoms with van der Waals surface area (Å²) in [7, 11) is 0. The molecule has 0 spiro atoms. The molecule has 0 saturated heterocycles. The molecule has 0 amide bonds. The van der Waals surface area contributed by atoms with Crippen molar-refractivity contribution in [3.8, 4) is 0 Å². The van der Waals surface area contributed by atoms with E-state index in [2.05, 4.69) is 74.3 Å². The van der Waals surface area contributed by atoms with E-state index in [9.17, 15) is 0 Å². The molecule has 4 nitrogen and oxygen atoms in total. The summed E-state index contributed by atoms with van der Waals surface area (Å²) < 4.78 is 5.37. The highest BCUT2D eigenvalue weighted by atomic mass is 16.5. The fourth-order valence-electron chi connectivity index (χ4n) is 2.06. The number of aromatic nitrogens is 2. The molecule has 0 bridgehead atoms. The van der Waals surface area contributed by atoms with E-state index in [0.717, 1.165) is 12.4 Å². The fourth-order valence-corrected chi connectivity index (χ4v) is 2.06. The van der Waals surface area contributed by atoms with Crippen LogP contribution in [0.2, 0.25) is 0 Å². The van der Waals surface area contributed by atoms with E-state index < -0.39 is 0 Å². The Kier molecular flexibility index (Phi) is 4.78. The molecule has 0 saturated carbocycles. The maximum atomic E-state index is 5.37. The number of nitrogens with zero attached hydrogens (tertiary/aromatic N) is 2. The minimum absolute atomic E-state index is 0.0553. The lowest BCUT2D eigenvalue weighted by Gasteiger charge is -2.16. The predicted octanol–water partition coefficient (Wildman–Crippen LogP) is 3.82. The average molecular weight is 287 g/mol. The Labute approximate surface area is 127 Å². The summed E-state index contributed by atoms with van der Waals surface area (Å²) in [4.78, 5) is 4.49. The maximum Gasteiger partial charge on any atom is 0.243 e. The number of rotatable bonds is 5. The minimum atomic E-state index is -0.0845. The van der Waals surface area contributed by atoms with Gasteiger partial charge in [0.2, 0.25) is 5.89 Å². The first-order valence-electron chi connectivity index (χ1n) is 7.50. The zero-order chi connectivity index (χ0) is 15.5. The van der Waals surface area contributed by atoms with Gasteiger partial charge in [0.25, 0.3) is 0 Å². The second kappa shape index (κ2) is 6.39. The standard InChI is InChI=1S/C17H25N3O/c1-12(14-9-7-6-8-10-14)11-18-13(2)15-19-16(20-21-15)17(3,4)5/h6-10,12-13,18H,11H2,1-5H3. The summed E-state index contributed by atoms with van der Waals surface area (Å²) in [5.74, 6) is 1.85. The zero-order valence-electron chi connectivity index (χ0n) is 13.6. The van der Waals surface area contributed by atoms with Gasteiger partial charge in [-0.15, -0.1) is 0 Å². The molecule has 0 aliphatic carbocycles. The summed E-state index contributed by atoms with van der Waals surface area (Å²) in [6.07, 6.45) is 0. The third-order valence-corrected chi connectivity index (χ3v) is 3.58. The van der Waals surface area contributed by atoms with Crippen molar-refractivity contribution in [1.82, 2.24) is 15.5 Å². The molecule has 1 heterocycles. The first-order valence-corrected chi connectivity index (χ1v) is 7.50. The average Bonchev–Trinajstić information content (AvgIpc) is 2.95. The molecule has 0 fully saturated rings. The summed E-state index contributed by atoms with van der Waals surface area (Å²) in [5, 5.41) is 7.53. The molecule has 2 rings (SSSR count). The summed E-state index contributed by atoms with van der Waals surface area (Å²) >= 11 is 0. The van der Waals surface area contributed by atoms with Crippen LogP contribution in [0.1, 0.15) is 63.9 Å². The zero-order valence-corrected chi connectivity index (χ0v) is 13.6. The molecule has 2 aromatic rings. The normalized spacial score (nSPS) is 14.9. The number of hydrogen-bond acceptors (Lipinski definition) is 4. The van der Waals surface area contributed by atoms with Gasteiger partial charge in [-0.1, -0.05) is 63.2 Å². The Morgan fingerprint density at radius 3 is 2.38 bits per heavy atom. The Morgan fingerprint density at radius 2 is 1.81 bits per heavy atom. The second-order valence-corrected chi connectivity index (χ2v) is 6.65. The van der Waals surface area contributed by atoms with Gasteiger partial charge in [-0.25, -0.2) is 0 Å². The van der Waals surface area contributed by atoms with Crippen LogP contribution in [0.3, 0.4) is 0 Å². The summed E-state index contributed by atoms with van der Waals surface area (Å²) in [6.45, 7) is 11.4. The maximum absolute atomic E-state index is 5.37. The SMILES string of the molecule is CC(CNC(C)c1nc(C(C)(C)C)no1)c1ccccc1. The second-order valence-electron chi connectivity index (χ2n) is 6.65. The van der Waals surface area contributed by atoms with Crippen LogP contribution in [0.25, 0.3) is 0 Å². The van der Waals surface area contributed by atoms with Crippen LogP contribution in [0.5, 0.6) is 0 Å². The third-order valence-electron chi connectivity index (χ3n) is 3.58. The molecule has 0 aliphatic heterocycles. The highest BCUT2D eigenvalue weighted by Gasteiger charge is 2.23. The van der Waals surface area contributed by atoms with Crippen LogP contribution >= 0.6 is 0 Å². The van der Waals surface area contributed by atoms with Crippen LogP contribution in [0.4, 0.5) is 0 Å². The van der Waals surface area contributed by atoms with Gasteiger partial charge in [0.15, 0.2) is 5.82 Å². The highest BCUT2D eigenvalue weighted by Crippen LogP contribution is 2.21. The van der Waals surface area contributed by atoms with Gasteiger partial charge in [-0.05, 0) is 18.4 Å². The molecular formula is C17H25N3O. The highest BCUT2D eigenvalue weighted by molar-refractivity contribution is 5.19. The predicted molar refractivity (Wildman–Crippen MR) is 84.3 cm³/mol. The summed E-state index contributed by atoms with van der Waals surface area (Å²) in [6, 6.07) is 10.5. The van der Waals surface area contributed by atoms with E-state index in [-0.39, 0.29) is 11.5 Å². The molecule has 1 N–H and O–H groups in total. The van der Waals surface area contributed by atoms with Crippen molar-refractivity contribution in [1.29, 1.82) is 0 Å². The molecule has 21 heavy (non-hydrogen) atoms. The van der Waals surface area contributed by atoms with Crippen molar-refractivity contribution in [2.24, 2.45) is 0 Å². The van der Waals surface area contributed by atoms with Crippen molar-refractivity contribution in [2.75, 3.05) is 6.54 Å². The van der Waals surface area contributed by atoms with Gasteiger partial charge in [0.1, 0.15) is 0 Å². The van der Waals surface area contributed by atoms with Crippen LogP contribution < -0.4 is 5.32 Å². The molecule has 2 unspecified atom stereocenters. The lowest BCUT2D eigenvalue weighted by Crippen LogP contribution is -2.24. The van der Waals surface area contributed by atoms with E-state index in [4.69, 9.17) is 4.52 Å². The van der Waals surface area contributed by atoms with E-state index >= 15 is 0 Å².